The van der Waals surface area contributed by atoms with E-state index in [1.165, 1.54) is 10.4 Å². The molecule has 0 spiro atoms. The minimum absolute atomic E-state index is 0.0250. The maximum absolute atomic E-state index is 13.6. The van der Waals surface area contributed by atoms with E-state index in [9.17, 15) is 9.59 Å². The highest BCUT2D eigenvalue weighted by Gasteiger charge is 2.33. The van der Waals surface area contributed by atoms with Crippen LogP contribution in [0.1, 0.15) is 33.2 Å². The number of ether oxygens (including phenoxy) is 1. The molecule has 1 atom stereocenters. The maximum Gasteiger partial charge on any atom is 0.242 e. The Hall–Kier alpha value is -3.38. The van der Waals surface area contributed by atoms with E-state index in [-0.39, 0.29) is 30.8 Å². The lowest BCUT2D eigenvalue weighted by Gasteiger charge is -2.37. The molecular formula is C29H32N2O3S. The monoisotopic (exact) mass is 488 g/mol. The highest BCUT2D eigenvalue weighted by Crippen LogP contribution is 2.34. The van der Waals surface area contributed by atoms with E-state index in [1.807, 2.05) is 54.3 Å². The van der Waals surface area contributed by atoms with E-state index in [1.54, 1.807) is 22.3 Å². The normalized spacial score (nSPS) is 14.8. The summed E-state index contributed by atoms with van der Waals surface area (Å²) in [5, 5.41) is 2.08. The number of amides is 2. The average molecular weight is 489 g/mol. The molecule has 0 unspecified atom stereocenters. The van der Waals surface area contributed by atoms with Crippen LogP contribution in [0.5, 0.6) is 5.75 Å². The zero-order chi connectivity index (χ0) is 24.8. The summed E-state index contributed by atoms with van der Waals surface area (Å²) in [4.78, 5) is 31.3. The first-order valence-corrected chi connectivity index (χ1v) is 12.8. The molecule has 2 aromatic carbocycles. The molecule has 5 nitrogen and oxygen atoms in total. The molecule has 0 fully saturated rings. The molecule has 0 radical (unpaired) electrons. The van der Waals surface area contributed by atoms with E-state index < -0.39 is 0 Å². The third-order valence-electron chi connectivity index (χ3n) is 6.37. The summed E-state index contributed by atoms with van der Waals surface area (Å²) in [6, 6.07) is 17.6. The molecule has 3 aromatic rings. The van der Waals surface area contributed by atoms with E-state index in [2.05, 4.69) is 31.0 Å². The topological polar surface area (TPSA) is 49.9 Å². The molecule has 0 N–H and O–H groups in total. The van der Waals surface area contributed by atoms with Gasteiger partial charge in [0.2, 0.25) is 11.8 Å². The number of nitrogens with zero attached hydrogens (tertiary/aromatic N) is 2. The van der Waals surface area contributed by atoms with Crippen molar-refractivity contribution in [2.75, 3.05) is 26.2 Å². The molecule has 35 heavy (non-hydrogen) atoms. The van der Waals surface area contributed by atoms with Gasteiger partial charge in [-0.25, -0.2) is 0 Å². The van der Waals surface area contributed by atoms with Crippen molar-refractivity contribution in [1.29, 1.82) is 0 Å². The Morgan fingerprint density at radius 2 is 1.97 bits per heavy atom. The van der Waals surface area contributed by atoms with Crippen molar-refractivity contribution in [2.45, 2.75) is 32.7 Å². The number of carbonyl (C=O) groups is 2. The molecule has 0 saturated heterocycles. The number of rotatable bonds is 9. The number of benzene rings is 2. The fourth-order valence-corrected chi connectivity index (χ4v) is 5.48. The second kappa shape index (κ2) is 11.4. The van der Waals surface area contributed by atoms with E-state index in [0.717, 1.165) is 28.9 Å². The molecule has 0 aliphatic carbocycles. The van der Waals surface area contributed by atoms with Gasteiger partial charge in [-0.3, -0.25) is 9.59 Å². The highest BCUT2D eigenvalue weighted by molar-refractivity contribution is 7.10. The van der Waals surface area contributed by atoms with E-state index >= 15 is 0 Å². The lowest BCUT2D eigenvalue weighted by atomic mass is 10.00. The summed E-state index contributed by atoms with van der Waals surface area (Å²) in [7, 11) is 0. The summed E-state index contributed by atoms with van der Waals surface area (Å²) in [6.07, 6.45) is 2.75. The van der Waals surface area contributed by atoms with Gasteiger partial charge in [-0.15, -0.1) is 17.9 Å². The first kappa shape index (κ1) is 24.7. The Morgan fingerprint density at radius 3 is 2.71 bits per heavy atom. The Morgan fingerprint density at radius 1 is 1.17 bits per heavy atom. The smallest absolute Gasteiger partial charge is 0.242 e. The molecule has 1 aromatic heterocycles. The van der Waals surface area contributed by atoms with Gasteiger partial charge in [0.25, 0.3) is 0 Å². The van der Waals surface area contributed by atoms with Crippen LogP contribution in [0.15, 0.2) is 72.6 Å². The van der Waals surface area contributed by atoms with Gasteiger partial charge in [-0.1, -0.05) is 54.1 Å². The van der Waals surface area contributed by atoms with Crippen molar-refractivity contribution >= 4 is 23.2 Å². The molecule has 2 heterocycles. The lowest BCUT2D eigenvalue weighted by molar-refractivity contribution is -0.142. The van der Waals surface area contributed by atoms with Crippen LogP contribution in [0.3, 0.4) is 0 Å². The van der Waals surface area contributed by atoms with E-state index in [4.69, 9.17) is 4.74 Å². The van der Waals surface area contributed by atoms with Crippen LogP contribution in [0.25, 0.3) is 0 Å². The summed E-state index contributed by atoms with van der Waals surface area (Å²) >= 11 is 1.73. The molecule has 0 saturated carbocycles. The molecule has 1 aliphatic heterocycles. The average Bonchev–Trinajstić information content (AvgIpc) is 3.33. The van der Waals surface area contributed by atoms with Crippen molar-refractivity contribution < 1.29 is 14.3 Å². The number of hydrogen-bond acceptors (Lipinski definition) is 4. The van der Waals surface area contributed by atoms with Gasteiger partial charge in [0.15, 0.2) is 0 Å². The van der Waals surface area contributed by atoms with Crippen molar-refractivity contribution in [3.8, 4) is 5.75 Å². The Balaban J connectivity index is 1.49. The summed E-state index contributed by atoms with van der Waals surface area (Å²) in [5.41, 5.74) is 4.34. The van der Waals surface area contributed by atoms with Crippen LogP contribution in [0.4, 0.5) is 0 Å². The van der Waals surface area contributed by atoms with Gasteiger partial charge in [-0.05, 0) is 54.5 Å². The first-order valence-electron chi connectivity index (χ1n) is 11.9. The van der Waals surface area contributed by atoms with E-state index in [0.29, 0.717) is 19.7 Å². The number of hydrogen-bond donors (Lipinski definition) is 0. The predicted octanol–water partition coefficient (Wildman–Crippen LogP) is 5.13. The Bertz CT molecular complexity index is 1190. The number of carbonyl (C=O) groups excluding carboxylic acids is 2. The zero-order valence-corrected chi connectivity index (χ0v) is 21.2. The van der Waals surface area contributed by atoms with Crippen LogP contribution < -0.4 is 4.74 Å². The van der Waals surface area contributed by atoms with Crippen LogP contribution in [0.2, 0.25) is 0 Å². The SMILES string of the molecule is C=CCN(CC(=O)N1CCc2sccc2[C@H]1COc1ccc(C)cc1C)C(=O)Cc1ccccc1. The fraction of sp³-hybridized carbons (Fsp3) is 0.310. The third kappa shape index (κ3) is 6.01. The van der Waals surface area contributed by atoms with Crippen molar-refractivity contribution in [3.05, 3.63) is 99.8 Å². The van der Waals surface area contributed by atoms with Crippen molar-refractivity contribution in [1.82, 2.24) is 9.80 Å². The second-order valence-corrected chi connectivity index (χ2v) is 9.96. The zero-order valence-electron chi connectivity index (χ0n) is 20.4. The molecule has 0 bridgehead atoms. The van der Waals surface area contributed by atoms with Crippen molar-refractivity contribution in [3.63, 3.8) is 0 Å². The first-order chi connectivity index (χ1) is 17.0. The van der Waals surface area contributed by atoms with Gasteiger partial charge < -0.3 is 14.5 Å². The van der Waals surface area contributed by atoms with Crippen LogP contribution in [-0.2, 0) is 22.4 Å². The molecule has 182 valence electrons. The molecule has 1 aliphatic rings. The van der Waals surface area contributed by atoms with Gasteiger partial charge in [0.1, 0.15) is 18.9 Å². The van der Waals surface area contributed by atoms with Gasteiger partial charge in [0.05, 0.1) is 12.5 Å². The van der Waals surface area contributed by atoms with Gasteiger partial charge in [0, 0.05) is 18.0 Å². The Labute approximate surface area is 211 Å². The lowest BCUT2D eigenvalue weighted by Crippen LogP contribution is -2.48. The fourth-order valence-electron chi connectivity index (χ4n) is 4.55. The number of fused-ring (bicyclic) bond motifs is 1. The molecule has 6 heteroatoms. The molecular weight excluding hydrogens is 456 g/mol. The van der Waals surface area contributed by atoms with Gasteiger partial charge in [-0.2, -0.15) is 0 Å². The minimum Gasteiger partial charge on any atom is -0.491 e. The summed E-state index contributed by atoms with van der Waals surface area (Å²) < 4.78 is 6.23. The van der Waals surface area contributed by atoms with Crippen LogP contribution >= 0.6 is 11.3 Å². The molecule has 2 amide bonds. The predicted molar refractivity (Wildman–Crippen MR) is 141 cm³/mol. The quantitative estimate of drug-likeness (QED) is 0.393. The van der Waals surface area contributed by atoms with Crippen molar-refractivity contribution in [2.24, 2.45) is 0 Å². The third-order valence-corrected chi connectivity index (χ3v) is 7.37. The minimum atomic E-state index is -0.187. The second-order valence-electron chi connectivity index (χ2n) is 8.96. The van der Waals surface area contributed by atoms with Crippen LogP contribution in [0, 0.1) is 13.8 Å². The van der Waals surface area contributed by atoms with Crippen LogP contribution in [-0.4, -0.2) is 47.9 Å². The summed E-state index contributed by atoms with van der Waals surface area (Å²) in [5.74, 6) is 0.678. The number of thiophene rings is 1. The highest BCUT2D eigenvalue weighted by atomic mass is 32.1. The van der Waals surface area contributed by atoms with Gasteiger partial charge >= 0.3 is 0 Å². The standard InChI is InChI=1S/C29H32N2O3S/c1-4-14-30(28(32)18-23-8-6-5-7-9-23)19-29(33)31-15-12-27-24(13-16-35-27)25(31)20-34-26-11-10-21(2)17-22(26)3/h4-11,13,16-17,25H,1,12,14-15,18-20H2,2-3H3/t25-/m1/s1. The maximum atomic E-state index is 13.6. The number of aryl methyl sites for hydroxylation is 2. The molecule has 4 rings (SSSR count). The Kier molecular flexibility index (Phi) is 8.03. The summed E-state index contributed by atoms with van der Waals surface area (Å²) in [6.45, 7) is 9.23. The largest absolute Gasteiger partial charge is 0.491 e.